The van der Waals surface area contributed by atoms with Crippen molar-refractivity contribution in [2.45, 2.75) is 19.3 Å². The summed E-state index contributed by atoms with van der Waals surface area (Å²) < 4.78 is 15.0. The molecule has 1 N–H and O–H groups in total. The Morgan fingerprint density at radius 2 is 2.00 bits per heavy atom. The maximum Gasteiger partial charge on any atom is 0.123 e. The first-order chi connectivity index (χ1) is 10.7. The Kier molecular flexibility index (Phi) is 3.10. The highest BCUT2D eigenvalue weighted by Gasteiger charge is 2.24. The third-order valence-corrected chi connectivity index (χ3v) is 4.40. The highest BCUT2D eigenvalue weighted by atomic mass is 19.1. The third-order valence-electron chi connectivity index (χ3n) is 4.40. The van der Waals surface area contributed by atoms with E-state index in [1.807, 2.05) is 11.7 Å². The van der Waals surface area contributed by atoms with E-state index in [0.717, 1.165) is 36.2 Å². The highest BCUT2D eigenvalue weighted by molar-refractivity contribution is 5.88. The lowest BCUT2D eigenvalue weighted by molar-refractivity contribution is 0.628. The van der Waals surface area contributed by atoms with Crippen LogP contribution in [0.3, 0.4) is 0 Å². The van der Waals surface area contributed by atoms with Gasteiger partial charge in [0.1, 0.15) is 11.5 Å². The second-order valence-electron chi connectivity index (χ2n) is 5.88. The molecule has 0 fully saturated rings. The lowest BCUT2D eigenvalue weighted by Gasteiger charge is -2.18. The summed E-state index contributed by atoms with van der Waals surface area (Å²) in [6.07, 6.45) is 7.78. The molecule has 1 aliphatic heterocycles. The largest absolute Gasteiger partial charge is 0.385 e. The van der Waals surface area contributed by atoms with Crippen LogP contribution in [0, 0.1) is 5.82 Å². The third kappa shape index (κ3) is 2.15. The molecule has 2 aliphatic rings. The van der Waals surface area contributed by atoms with Crippen molar-refractivity contribution in [2.24, 2.45) is 7.05 Å². The number of benzene rings is 1. The van der Waals surface area contributed by atoms with Crippen LogP contribution in [0.25, 0.3) is 16.8 Å². The van der Waals surface area contributed by atoms with Gasteiger partial charge in [0.15, 0.2) is 0 Å². The van der Waals surface area contributed by atoms with Crippen LogP contribution in [-0.2, 0) is 7.05 Å². The van der Waals surface area contributed by atoms with Crippen LogP contribution in [0.5, 0.6) is 0 Å². The predicted molar refractivity (Wildman–Crippen MR) is 85.5 cm³/mol. The summed E-state index contributed by atoms with van der Waals surface area (Å²) in [7, 11) is 1.93. The smallest absolute Gasteiger partial charge is 0.123 e. The van der Waals surface area contributed by atoms with Crippen LogP contribution in [0.1, 0.15) is 24.8 Å². The topological polar surface area (TPSA) is 29.9 Å². The molecule has 0 saturated heterocycles. The van der Waals surface area contributed by atoms with Crippen LogP contribution in [0.4, 0.5) is 4.39 Å². The summed E-state index contributed by atoms with van der Waals surface area (Å²) in [6.45, 7) is 0.867. The maximum absolute atomic E-state index is 13.2. The van der Waals surface area contributed by atoms with Crippen molar-refractivity contribution in [3.8, 4) is 11.3 Å². The van der Waals surface area contributed by atoms with Crippen molar-refractivity contribution >= 4 is 5.57 Å². The molecular formula is C18H18FN3. The molecule has 0 amide bonds. The van der Waals surface area contributed by atoms with Crippen LogP contribution >= 0.6 is 0 Å². The summed E-state index contributed by atoms with van der Waals surface area (Å²) in [5, 5.41) is 8.09. The molecule has 2 aromatic rings. The van der Waals surface area contributed by atoms with E-state index in [1.165, 1.54) is 35.4 Å². The Balaban J connectivity index is 1.83. The molecule has 3 nitrogen and oxygen atoms in total. The van der Waals surface area contributed by atoms with Gasteiger partial charge in [0, 0.05) is 36.6 Å². The predicted octanol–water partition coefficient (Wildman–Crippen LogP) is 3.65. The molecule has 1 aromatic carbocycles. The van der Waals surface area contributed by atoms with Gasteiger partial charge in [-0.2, -0.15) is 5.10 Å². The number of rotatable bonds is 2. The number of aryl methyl sites for hydroxylation is 1. The minimum atomic E-state index is -0.219. The van der Waals surface area contributed by atoms with Crippen molar-refractivity contribution in [1.82, 2.24) is 15.1 Å². The second-order valence-corrected chi connectivity index (χ2v) is 5.88. The van der Waals surface area contributed by atoms with Crippen LogP contribution in [0.15, 0.2) is 47.8 Å². The van der Waals surface area contributed by atoms with Gasteiger partial charge in [-0.15, -0.1) is 0 Å². The second kappa shape index (κ2) is 5.13. The molecule has 0 saturated carbocycles. The SMILES string of the molecule is Cn1cc(C2=CCNC3=C2CCC3)c(-c2ccc(F)cc2)n1. The first kappa shape index (κ1) is 13.3. The highest BCUT2D eigenvalue weighted by Crippen LogP contribution is 2.40. The van der Waals surface area contributed by atoms with Gasteiger partial charge >= 0.3 is 0 Å². The maximum atomic E-state index is 13.2. The molecule has 112 valence electrons. The minimum Gasteiger partial charge on any atom is -0.385 e. The van der Waals surface area contributed by atoms with E-state index in [2.05, 4.69) is 22.7 Å². The van der Waals surface area contributed by atoms with E-state index in [4.69, 9.17) is 0 Å². The van der Waals surface area contributed by atoms with Gasteiger partial charge < -0.3 is 5.32 Å². The number of hydrogen-bond donors (Lipinski definition) is 1. The normalized spacial score (nSPS) is 17.3. The quantitative estimate of drug-likeness (QED) is 0.916. The average molecular weight is 295 g/mol. The monoisotopic (exact) mass is 295 g/mol. The zero-order valence-electron chi connectivity index (χ0n) is 12.6. The number of halogens is 1. The first-order valence-corrected chi connectivity index (χ1v) is 7.69. The Morgan fingerprint density at radius 3 is 2.82 bits per heavy atom. The number of nitrogens with zero attached hydrogens (tertiary/aromatic N) is 2. The van der Waals surface area contributed by atoms with Gasteiger partial charge in [-0.05, 0) is 54.7 Å². The summed E-state index contributed by atoms with van der Waals surface area (Å²) >= 11 is 0. The molecule has 0 atom stereocenters. The van der Waals surface area contributed by atoms with Crippen LogP contribution < -0.4 is 5.32 Å². The molecule has 0 radical (unpaired) electrons. The van der Waals surface area contributed by atoms with Crippen LogP contribution in [0.2, 0.25) is 0 Å². The van der Waals surface area contributed by atoms with Gasteiger partial charge in [-0.3, -0.25) is 4.68 Å². The summed E-state index contributed by atoms with van der Waals surface area (Å²) in [6, 6.07) is 6.58. The van der Waals surface area contributed by atoms with E-state index in [9.17, 15) is 4.39 Å². The van der Waals surface area contributed by atoms with Gasteiger partial charge in [-0.25, -0.2) is 4.39 Å². The van der Waals surface area contributed by atoms with E-state index >= 15 is 0 Å². The van der Waals surface area contributed by atoms with E-state index in [0.29, 0.717) is 0 Å². The molecule has 22 heavy (non-hydrogen) atoms. The minimum absolute atomic E-state index is 0.219. The number of hydrogen-bond acceptors (Lipinski definition) is 2. The van der Waals surface area contributed by atoms with Gasteiger partial charge in [0.25, 0.3) is 0 Å². The Hall–Kier alpha value is -2.36. The molecule has 1 aromatic heterocycles. The molecule has 2 heterocycles. The van der Waals surface area contributed by atoms with E-state index in [1.54, 1.807) is 12.1 Å². The van der Waals surface area contributed by atoms with Crippen molar-refractivity contribution in [1.29, 1.82) is 0 Å². The zero-order chi connectivity index (χ0) is 15.1. The van der Waals surface area contributed by atoms with Crippen molar-refractivity contribution in [2.75, 3.05) is 6.54 Å². The van der Waals surface area contributed by atoms with Crippen molar-refractivity contribution in [3.05, 3.63) is 59.2 Å². The lowest BCUT2D eigenvalue weighted by atomic mass is 9.93. The fourth-order valence-electron chi connectivity index (χ4n) is 3.41. The number of nitrogens with one attached hydrogen (secondary N) is 1. The number of dihydropyridines is 1. The number of allylic oxidation sites excluding steroid dienone is 3. The molecule has 1 aliphatic carbocycles. The summed E-state index contributed by atoms with van der Waals surface area (Å²) in [5.74, 6) is -0.219. The number of aromatic nitrogens is 2. The van der Waals surface area contributed by atoms with Crippen molar-refractivity contribution in [3.63, 3.8) is 0 Å². The Labute approximate surface area is 129 Å². The van der Waals surface area contributed by atoms with Crippen LogP contribution in [-0.4, -0.2) is 16.3 Å². The molecule has 4 rings (SSSR count). The molecular weight excluding hydrogens is 277 g/mol. The lowest BCUT2D eigenvalue weighted by Crippen LogP contribution is -2.17. The van der Waals surface area contributed by atoms with E-state index < -0.39 is 0 Å². The Bertz CT molecular complexity index is 781. The summed E-state index contributed by atoms with van der Waals surface area (Å²) in [4.78, 5) is 0. The van der Waals surface area contributed by atoms with Gasteiger partial charge in [0.2, 0.25) is 0 Å². The first-order valence-electron chi connectivity index (χ1n) is 7.69. The fraction of sp³-hybridized carbons (Fsp3) is 0.278. The van der Waals surface area contributed by atoms with Gasteiger partial charge in [-0.1, -0.05) is 6.08 Å². The molecule has 0 spiro atoms. The zero-order valence-corrected chi connectivity index (χ0v) is 12.6. The Morgan fingerprint density at radius 1 is 1.18 bits per heavy atom. The standard InChI is InChI=1S/C18H18FN3/c1-22-11-16(14-9-10-20-17-4-2-3-15(14)17)18(21-22)12-5-7-13(19)8-6-12/h5-9,11,20H,2-4,10H2,1H3. The molecule has 4 heteroatoms. The van der Waals surface area contributed by atoms with Gasteiger partial charge in [0.05, 0.1) is 0 Å². The van der Waals surface area contributed by atoms with Crippen molar-refractivity contribution < 1.29 is 4.39 Å². The summed E-state index contributed by atoms with van der Waals surface area (Å²) in [5.41, 5.74) is 7.11. The average Bonchev–Trinajstić information content (AvgIpc) is 3.14. The molecule has 0 bridgehead atoms. The van der Waals surface area contributed by atoms with E-state index in [-0.39, 0.29) is 5.82 Å². The molecule has 0 unspecified atom stereocenters. The fourth-order valence-corrected chi connectivity index (χ4v) is 3.41.